The molecule has 3 aromatic rings. The topological polar surface area (TPSA) is 56.6 Å². The van der Waals surface area contributed by atoms with Crippen LogP contribution in [0.3, 0.4) is 0 Å². The van der Waals surface area contributed by atoms with Gasteiger partial charge in [0.15, 0.2) is 0 Å². The minimum Gasteiger partial charge on any atom is -0.497 e. The Hall–Kier alpha value is -3.02. The first-order valence-corrected chi connectivity index (χ1v) is 10.4. The summed E-state index contributed by atoms with van der Waals surface area (Å²) in [6, 6.07) is 15.7. The molecule has 1 atom stereocenters. The van der Waals surface area contributed by atoms with Gasteiger partial charge in [-0.3, -0.25) is 4.79 Å². The predicted molar refractivity (Wildman–Crippen MR) is 117 cm³/mol. The van der Waals surface area contributed by atoms with Crippen molar-refractivity contribution in [2.45, 2.75) is 45.2 Å². The molecule has 2 aromatic carbocycles. The van der Waals surface area contributed by atoms with Crippen molar-refractivity contribution >= 4 is 16.9 Å². The number of nitrogens with zero attached hydrogens (tertiary/aromatic N) is 3. The molecule has 158 valence electrons. The fourth-order valence-electron chi connectivity index (χ4n) is 4.12. The number of amides is 1. The van der Waals surface area contributed by atoms with Gasteiger partial charge in [-0.25, -0.2) is 4.98 Å². The number of hydrogen-bond donors (Lipinski definition) is 0. The van der Waals surface area contributed by atoms with Crippen LogP contribution in [-0.4, -0.2) is 46.2 Å². The first-order chi connectivity index (χ1) is 14.4. The number of benzene rings is 2. The van der Waals surface area contributed by atoms with E-state index in [9.17, 15) is 4.79 Å². The Bertz CT molecular complexity index is 1050. The number of carbonyl (C=O) groups excluding carboxylic acids is 1. The number of ether oxygens (including phenoxy) is 2. The van der Waals surface area contributed by atoms with E-state index in [-0.39, 0.29) is 17.4 Å². The summed E-state index contributed by atoms with van der Waals surface area (Å²) in [6.45, 7) is 8.11. The van der Waals surface area contributed by atoms with Crippen LogP contribution in [-0.2, 0) is 11.3 Å². The maximum absolute atomic E-state index is 12.6. The third kappa shape index (κ3) is 3.99. The second-order valence-electron chi connectivity index (χ2n) is 8.71. The van der Waals surface area contributed by atoms with Crippen molar-refractivity contribution < 1.29 is 14.3 Å². The fourth-order valence-corrected chi connectivity index (χ4v) is 4.12. The lowest BCUT2D eigenvalue weighted by atomic mass is 10.1. The number of hydrogen-bond acceptors (Lipinski definition) is 4. The number of para-hydroxylation sites is 2. The smallest absolute Gasteiger partial charge is 0.223 e. The first-order valence-electron chi connectivity index (χ1n) is 10.4. The number of rotatable bonds is 6. The molecule has 0 spiro atoms. The molecule has 0 N–H and O–H groups in total. The van der Waals surface area contributed by atoms with E-state index in [1.165, 1.54) is 0 Å². The molecule has 0 unspecified atom stereocenters. The quantitative estimate of drug-likeness (QED) is 0.613. The maximum Gasteiger partial charge on any atom is 0.223 e. The fraction of sp³-hybridized carbons (Fsp3) is 0.417. The van der Waals surface area contributed by atoms with E-state index < -0.39 is 0 Å². The molecule has 1 aliphatic rings. The van der Waals surface area contributed by atoms with Crippen LogP contribution in [0.4, 0.5) is 0 Å². The van der Waals surface area contributed by atoms with E-state index in [1.807, 2.05) is 47.4 Å². The molecule has 1 amide bonds. The molecule has 1 aliphatic heterocycles. The van der Waals surface area contributed by atoms with Crippen LogP contribution in [0.1, 0.15) is 38.9 Å². The molecule has 0 radical (unpaired) electrons. The van der Waals surface area contributed by atoms with Crippen molar-refractivity contribution in [3.05, 3.63) is 54.4 Å². The minimum absolute atomic E-state index is 0.0842. The Morgan fingerprint density at radius 2 is 1.87 bits per heavy atom. The Morgan fingerprint density at radius 3 is 2.60 bits per heavy atom. The summed E-state index contributed by atoms with van der Waals surface area (Å²) in [5.41, 5.74) is 1.84. The molecule has 1 saturated heterocycles. The summed E-state index contributed by atoms with van der Waals surface area (Å²) < 4.78 is 13.5. The maximum atomic E-state index is 12.6. The number of fused-ring (bicyclic) bond motifs is 1. The van der Waals surface area contributed by atoms with Crippen LogP contribution in [0.25, 0.3) is 11.0 Å². The molecule has 1 aromatic heterocycles. The average molecular weight is 408 g/mol. The van der Waals surface area contributed by atoms with E-state index in [4.69, 9.17) is 14.5 Å². The van der Waals surface area contributed by atoms with Crippen molar-refractivity contribution in [1.82, 2.24) is 14.5 Å². The third-order valence-electron chi connectivity index (χ3n) is 5.61. The van der Waals surface area contributed by atoms with Gasteiger partial charge in [0.1, 0.15) is 23.9 Å². The molecule has 0 aliphatic carbocycles. The Morgan fingerprint density at radius 1 is 1.10 bits per heavy atom. The SMILES string of the molecule is COc1cccc(OCCn2c([C@H]3CC(=O)N(C(C)(C)C)C3)nc3ccccc32)c1. The van der Waals surface area contributed by atoms with Crippen molar-refractivity contribution in [2.75, 3.05) is 20.3 Å². The highest BCUT2D eigenvalue weighted by atomic mass is 16.5. The zero-order valence-electron chi connectivity index (χ0n) is 18.1. The summed E-state index contributed by atoms with van der Waals surface area (Å²) in [4.78, 5) is 19.5. The van der Waals surface area contributed by atoms with E-state index in [0.29, 0.717) is 26.1 Å². The molecule has 2 heterocycles. The second kappa shape index (κ2) is 8.01. The van der Waals surface area contributed by atoms with E-state index in [0.717, 1.165) is 28.4 Å². The lowest BCUT2D eigenvalue weighted by Crippen LogP contribution is -2.42. The summed E-state index contributed by atoms with van der Waals surface area (Å²) in [5.74, 6) is 2.79. The van der Waals surface area contributed by atoms with Crippen molar-refractivity contribution in [3.8, 4) is 11.5 Å². The van der Waals surface area contributed by atoms with E-state index in [1.54, 1.807) is 7.11 Å². The average Bonchev–Trinajstić information content (AvgIpc) is 3.29. The number of likely N-dealkylation sites (tertiary alicyclic amines) is 1. The zero-order chi connectivity index (χ0) is 21.3. The molecular formula is C24H29N3O3. The van der Waals surface area contributed by atoms with Crippen LogP contribution in [0, 0.1) is 0 Å². The molecule has 0 saturated carbocycles. The van der Waals surface area contributed by atoms with Crippen LogP contribution < -0.4 is 9.47 Å². The molecule has 0 bridgehead atoms. The highest BCUT2D eigenvalue weighted by molar-refractivity contribution is 5.81. The molecule has 1 fully saturated rings. The van der Waals surface area contributed by atoms with Crippen LogP contribution >= 0.6 is 0 Å². The van der Waals surface area contributed by atoms with Crippen molar-refractivity contribution in [3.63, 3.8) is 0 Å². The van der Waals surface area contributed by atoms with Crippen LogP contribution in [0.2, 0.25) is 0 Å². The summed E-state index contributed by atoms with van der Waals surface area (Å²) >= 11 is 0. The van der Waals surface area contributed by atoms with Gasteiger partial charge >= 0.3 is 0 Å². The van der Waals surface area contributed by atoms with Gasteiger partial charge in [0.25, 0.3) is 0 Å². The Balaban J connectivity index is 1.57. The van der Waals surface area contributed by atoms with Gasteiger partial charge < -0.3 is 18.9 Å². The third-order valence-corrected chi connectivity index (χ3v) is 5.61. The molecule has 6 heteroatoms. The van der Waals surface area contributed by atoms with Gasteiger partial charge in [0, 0.05) is 30.5 Å². The largest absolute Gasteiger partial charge is 0.497 e. The monoisotopic (exact) mass is 407 g/mol. The van der Waals surface area contributed by atoms with Crippen molar-refractivity contribution in [1.29, 1.82) is 0 Å². The normalized spacial score (nSPS) is 17.0. The number of carbonyl (C=O) groups is 1. The van der Waals surface area contributed by atoms with Gasteiger partial charge in [0.2, 0.25) is 5.91 Å². The standard InChI is InChI=1S/C24H29N3O3/c1-24(2,3)27-16-17(14-22(27)28)23-25-20-10-5-6-11-21(20)26(23)12-13-30-19-9-7-8-18(15-19)29-4/h5-11,15,17H,12-14,16H2,1-4H3/t17-/m0/s1. The Labute approximate surface area is 177 Å². The van der Waals surface area contributed by atoms with Gasteiger partial charge in [-0.05, 0) is 45.0 Å². The van der Waals surface area contributed by atoms with Gasteiger partial charge in [-0.15, -0.1) is 0 Å². The zero-order valence-corrected chi connectivity index (χ0v) is 18.1. The minimum atomic E-state index is -0.182. The number of aromatic nitrogens is 2. The number of methoxy groups -OCH3 is 1. The highest BCUT2D eigenvalue weighted by Crippen LogP contribution is 2.33. The highest BCUT2D eigenvalue weighted by Gasteiger charge is 2.38. The predicted octanol–water partition coefficient (Wildman–Crippen LogP) is 4.24. The summed E-state index contributed by atoms with van der Waals surface area (Å²) in [6.07, 6.45) is 0.497. The molecule has 30 heavy (non-hydrogen) atoms. The van der Waals surface area contributed by atoms with Crippen molar-refractivity contribution in [2.24, 2.45) is 0 Å². The lowest BCUT2D eigenvalue weighted by molar-refractivity contribution is -0.131. The molecule has 4 rings (SSSR count). The van der Waals surface area contributed by atoms with Crippen LogP contribution in [0.15, 0.2) is 48.5 Å². The lowest BCUT2D eigenvalue weighted by Gasteiger charge is -2.32. The Kier molecular flexibility index (Phi) is 5.41. The first kappa shape index (κ1) is 20.3. The van der Waals surface area contributed by atoms with E-state index in [2.05, 4.69) is 31.4 Å². The summed E-state index contributed by atoms with van der Waals surface area (Å²) in [5, 5.41) is 0. The van der Waals surface area contributed by atoms with Gasteiger partial charge in [-0.1, -0.05) is 18.2 Å². The summed E-state index contributed by atoms with van der Waals surface area (Å²) in [7, 11) is 1.65. The second-order valence-corrected chi connectivity index (χ2v) is 8.71. The molecule has 6 nitrogen and oxygen atoms in total. The van der Waals surface area contributed by atoms with Crippen LogP contribution in [0.5, 0.6) is 11.5 Å². The molecular weight excluding hydrogens is 378 g/mol. The number of imidazole rings is 1. The van der Waals surface area contributed by atoms with E-state index >= 15 is 0 Å². The van der Waals surface area contributed by atoms with Gasteiger partial charge in [0.05, 0.1) is 24.7 Å². The van der Waals surface area contributed by atoms with Gasteiger partial charge in [-0.2, -0.15) is 0 Å².